The summed E-state index contributed by atoms with van der Waals surface area (Å²) in [6.45, 7) is 0. The fraction of sp³-hybridized carbons (Fsp3) is 0.143. The molecule has 0 aliphatic carbocycles. The number of anilines is 4. The smallest absolute Gasteiger partial charge is 0.306 e. The molecule has 3 aromatic rings. The maximum atomic E-state index is 11.3. The molecule has 0 saturated carbocycles. The largest absolute Gasteiger partial charge is 0.383 e. The molecule has 0 radical (unpaired) electrons. The van der Waals surface area contributed by atoms with E-state index in [0.29, 0.717) is 5.75 Å². The molecule has 0 amide bonds. The van der Waals surface area contributed by atoms with Gasteiger partial charge >= 0.3 is 10.1 Å². The van der Waals surface area contributed by atoms with E-state index >= 15 is 0 Å². The van der Waals surface area contributed by atoms with Crippen LogP contribution in [0.4, 0.5) is 22.7 Å². The molecule has 6 heteroatoms. The molecule has 0 unspecified atom stereocenters. The lowest BCUT2D eigenvalue weighted by molar-refractivity contribution is 0.493. The number of nitrogens with zero attached hydrogens (tertiary/aromatic N) is 2. The molecule has 0 bridgehead atoms. The van der Waals surface area contributed by atoms with Gasteiger partial charge in [-0.05, 0) is 48.5 Å². The molecule has 0 N–H and O–H groups in total. The van der Waals surface area contributed by atoms with E-state index in [-0.39, 0.29) is 0 Å². The number of hydrogen-bond donors (Lipinski definition) is 0. The minimum Gasteiger partial charge on any atom is -0.383 e. The molecule has 0 fully saturated rings. The third-order valence-electron chi connectivity index (χ3n) is 4.22. The summed E-state index contributed by atoms with van der Waals surface area (Å²) in [4.78, 5) is 4.09. The van der Waals surface area contributed by atoms with Gasteiger partial charge in [0, 0.05) is 42.9 Å². The van der Waals surface area contributed by atoms with Crippen LogP contribution in [0.1, 0.15) is 0 Å². The quantitative estimate of drug-likeness (QED) is 0.585. The first-order chi connectivity index (χ1) is 12.8. The van der Waals surface area contributed by atoms with E-state index in [1.807, 2.05) is 55.4 Å². The topological polar surface area (TPSA) is 49.9 Å². The second kappa shape index (κ2) is 7.72. The van der Waals surface area contributed by atoms with E-state index in [1.165, 1.54) is 0 Å². The molecule has 140 valence electrons. The molecule has 0 spiro atoms. The lowest BCUT2D eigenvalue weighted by atomic mass is 10.2. The van der Waals surface area contributed by atoms with Crippen molar-refractivity contribution in [2.24, 2.45) is 0 Å². The minimum absolute atomic E-state index is 0.294. The van der Waals surface area contributed by atoms with Crippen molar-refractivity contribution in [3.63, 3.8) is 0 Å². The summed E-state index contributed by atoms with van der Waals surface area (Å²) in [6.07, 6.45) is 1.03. The Kier molecular flexibility index (Phi) is 5.37. The number of rotatable bonds is 6. The molecule has 0 saturated heterocycles. The highest BCUT2D eigenvalue weighted by molar-refractivity contribution is 7.86. The Bertz CT molecular complexity index is 1000. The average molecular weight is 382 g/mol. The molecular formula is C21H22N2O3S. The van der Waals surface area contributed by atoms with Crippen LogP contribution in [0.3, 0.4) is 0 Å². The molecule has 0 aliphatic heterocycles. The van der Waals surface area contributed by atoms with Crippen molar-refractivity contribution in [3.8, 4) is 5.75 Å². The predicted molar refractivity (Wildman–Crippen MR) is 111 cm³/mol. The maximum Gasteiger partial charge on any atom is 0.306 e. The van der Waals surface area contributed by atoms with Crippen molar-refractivity contribution in [3.05, 3.63) is 78.9 Å². The van der Waals surface area contributed by atoms with Crippen LogP contribution < -0.4 is 14.0 Å². The molecule has 0 heterocycles. The number of hydrogen-bond acceptors (Lipinski definition) is 5. The van der Waals surface area contributed by atoms with E-state index in [9.17, 15) is 8.42 Å². The lowest BCUT2D eigenvalue weighted by Crippen LogP contribution is -2.12. The van der Waals surface area contributed by atoms with Gasteiger partial charge in [0.25, 0.3) is 0 Å². The highest BCUT2D eigenvalue weighted by Crippen LogP contribution is 2.30. The van der Waals surface area contributed by atoms with Crippen LogP contribution >= 0.6 is 0 Å². The summed E-state index contributed by atoms with van der Waals surface area (Å²) in [6, 6.07) is 25.3. The zero-order chi connectivity index (χ0) is 19.4. The van der Waals surface area contributed by atoms with Crippen LogP contribution in [0.25, 0.3) is 0 Å². The van der Waals surface area contributed by atoms with Gasteiger partial charge in [-0.2, -0.15) is 8.42 Å². The first kappa shape index (κ1) is 18.8. The first-order valence-electron chi connectivity index (χ1n) is 8.45. The normalized spacial score (nSPS) is 11.1. The van der Waals surface area contributed by atoms with E-state index in [1.54, 1.807) is 18.2 Å². The fourth-order valence-corrected chi connectivity index (χ4v) is 3.22. The van der Waals surface area contributed by atoms with Gasteiger partial charge in [0.05, 0.1) is 6.26 Å². The first-order valence-corrected chi connectivity index (χ1v) is 10.3. The van der Waals surface area contributed by atoms with Crippen LogP contribution in [0, 0.1) is 0 Å². The zero-order valence-electron chi connectivity index (χ0n) is 15.5. The lowest BCUT2D eigenvalue weighted by Gasteiger charge is -2.23. The van der Waals surface area contributed by atoms with Crippen molar-refractivity contribution in [2.75, 3.05) is 30.2 Å². The summed E-state index contributed by atoms with van der Waals surface area (Å²) < 4.78 is 27.6. The molecule has 0 aliphatic rings. The minimum atomic E-state index is -3.55. The Morgan fingerprint density at radius 2 is 1.15 bits per heavy atom. The summed E-state index contributed by atoms with van der Waals surface area (Å²) in [5.41, 5.74) is 4.01. The molecule has 3 rings (SSSR count). The van der Waals surface area contributed by atoms with Gasteiger partial charge in [-0.25, -0.2) is 0 Å². The van der Waals surface area contributed by atoms with Gasteiger partial charge in [-0.1, -0.05) is 24.3 Å². The highest BCUT2D eigenvalue weighted by atomic mass is 32.2. The molecular weight excluding hydrogens is 360 g/mol. The second-order valence-electron chi connectivity index (χ2n) is 6.25. The Labute approximate surface area is 160 Å². The zero-order valence-corrected chi connectivity index (χ0v) is 16.3. The van der Waals surface area contributed by atoms with Crippen molar-refractivity contribution in [1.29, 1.82) is 0 Å². The van der Waals surface area contributed by atoms with E-state index in [4.69, 9.17) is 4.18 Å². The van der Waals surface area contributed by atoms with Crippen LogP contribution in [0.15, 0.2) is 78.9 Å². The van der Waals surface area contributed by atoms with Gasteiger partial charge < -0.3 is 14.0 Å². The van der Waals surface area contributed by atoms with Gasteiger partial charge in [-0.15, -0.1) is 0 Å². The van der Waals surface area contributed by atoms with Gasteiger partial charge in [0.2, 0.25) is 0 Å². The third-order valence-corrected chi connectivity index (χ3v) is 4.72. The van der Waals surface area contributed by atoms with Crippen LogP contribution in [-0.4, -0.2) is 28.8 Å². The molecule has 3 aromatic carbocycles. The third kappa shape index (κ3) is 4.80. The van der Waals surface area contributed by atoms with Gasteiger partial charge in [0.1, 0.15) is 5.75 Å². The standard InChI is InChI=1S/C21H22N2O3S/c1-22(17-8-5-4-6-9-17)18-12-14-19(15-13-18)23(2)20-10-7-11-21(16-20)26-27(3,24)25/h4-16H,1-3H3. The highest BCUT2D eigenvalue weighted by Gasteiger charge is 2.10. The van der Waals surface area contributed by atoms with E-state index < -0.39 is 10.1 Å². The van der Waals surface area contributed by atoms with Gasteiger partial charge in [0.15, 0.2) is 0 Å². The molecule has 0 atom stereocenters. The van der Waals surface area contributed by atoms with Crippen LogP contribution in [-0.2, 0) is 10.1 Å². The summed E-state index contributed by atoms with van der Waals surface area (Å²) >= 11 is 0. The van der Waals surface area contributed by atoms with Gasteiger partial charge in [-0.3, -0.25) is 0 Å². The van der Waals surface area contributed by atoms with Crippen molar-refractivity contribution in [1.82, 2.24) is 0 Å². The SMILES string of the molecule is CN(c1ccccc1)c1ccc(N(C)c2cccc(OS(C)(=O)=O)c2)cc1. The maximum absolute atomic E-state index is 11.3. The average Bonchev–Trinajstić information content (AvgIpc) is 2.66. The molecule has 0 aromatic heterocycles. The summed E-state index contributed by atoms with van der Waals surface area (Å²) in [5.74, 6) is 0.294. The summed E-state index contributed by atoms with van der Waals surface area (Å²) in [5, 5.41) is 0. The van der Waals surface area contributed by atoms with Crippen molar-refractivity contribution < 1.29 is 12.6 Å². The monoisotopic (exact) mass is 382 g/mol. The Morgan fingerprint density at radius 1 is 0.667 bits per heavy atom. The Hall–Kier alpha value is -2.99. The van der Waals surface area contributed by atoms with E-state index in [0.717, 1.165) is 29.0 Å². The van der Waals surface area contributed by atoms with Crippen molar-refractivity contribution in [2.45, 2.75) is 0 Å². The second-order valence-corrected chi connectivity index (χ2v) is 7.83. The Morgan fingerprint density at radius 3 is 1.70 bits per heavy atom. The Balaban J connectivity index is 1.80. The fourth-order valence-electron chi connectivity index (χ4n) is 2.77. The van der Waals surface area contributed by atoms with E-state index in [2.05, 4.69) is 29.2 Å². The van der Waals surface area contributed by atoms with Crippen LogP contribution in [0.2, 0.25) is 0 Å². The summed E-state index contributed by atoms with van der Waals surface area (Å²) in [7, 11) is 0.404. The number of benzene rings is 3. The number of para-hydroxylation sites is 1. The van der Waals surface area contributed by atoms with Crippen molar-refractivity contribution >= 4 is 32.9 Å². The molecule has 5 nitrogen and oxygen atoms in total. The van der Waals surface area contributed by atoms with Crippen LogP contribution in [0.5, 0.6) is 5.75 Å². The molecule has 27 heavy (non-hydrogen) atoms. The predicted octanol–water partition coefficient (Wildman–Crippen LogP) is 4.56.